The lowest BCUT2D eigenvalue weighted by molar-refractivity contribution is 0.373. The minimum atomic E-state index is 0. The zero-order chi connectivity index (χ0) is 15.8. The molecule has 6 heteroatoms. The SMILES string of the molecule is COc1ccc(CN=C(N)NCCc2ccccc2)cc1O.I. The average molecular weight is 427 g/mol. The second kappa shape index (κ2) is 9.94. The van der Waals surface area contributed by atoms with Crippen LogP contribution in [0.25, 0.3) is 0 Å². The number of methoxy groups -OCH3 is 1. The summed E-state index contributed by atoms with van der Waals surface area (Å²) in [5, 5.41) is 12.8. The van der Waals surface area contributed by atoms with Crippen molar-refractivity contribution in [3.63, 3.8) is 0 Å². The predicted molar refractivity (Wildman–Crippen MR) is 104 cm³/mol. The Balaban J connectivity index is 0.00000264. The first-order valence-electron chi connectivity index (χ1n) is 7.12. The molecular weight excluding hydrogens is 405 g/mol. The standard InChI is InChI=1S/C17H21N3O2.HI/c1-22-16-8-7-14(11-15(16)21)12-20-17(18)19-10-9-13-5-3-2-4-6-13;/h2-8,11,21H,9-10,12H2,1H3,(H3,18,19,20);1H. The van der Waals surface area contributed by atoms with E-state index in [1.54, 1.807) is 12.1 Å². The minimum absolute atomic E-state index is 0. The minimum Gasteiger partial charge on any atom is -0.504 e. The maximum Gasteiger partial charge on any atom is 0.188 e. The van der Waals surface area contributed by atoms with Gasteiger partial charge in [0, 0.05) is 6.54 Å². The number of nitrogens with two attached hydrogens (primary N) is 1. The molecular formula is C17H22IN3O2. The van der Waals surface area contributed by atoms with Gasteiger partial charge in [-0.1, -0.05) is 36.4 Å². The molecule has 0 heterocycles. The average Bonchev–Trinajstić information content (AvgIpc) is 2.54. The van der Waals surface area contributed by atoms with Gasteiger partial charge in [-0.05, 0) is 29.7 Å². The number of benzene rings is 2. The van der Waals surface area contributed by atoms with E-state index in [0.29, 0.717) is 18.3 Å². The lowest BCUT2D eigenvalue weighted by Crippen LogP contribution is -2.33. The number of rotatable bonds is 6. The fourth-order valence-electron chi connectivity index (χ4n) is 2.05. The molecule has 23 heavy (non-hydrogen) atoms. The summed E-state index contributed by atoms with van der Waals surface area (Å²) in [5.41, 5.74) is 7.95. The van der Waals surface area contributed by atoms with E-state index in [9.17, 15) is 5.11 Å². The Labute approximate surface area is 153 Å². The summed E-state index contributed by atoms with van der Waals surface area (Å²) in [6, 6.07) is 15.4. The Morgan fingerprint density at radius 3 is 2.57 bits per heavy atom. The van der Waals surface area contributed by atoms with Crippen molar-refractivity contribution in [2.75, 3.05) is 13.7 Å². The van der Waals surface area contributed by atoms with Crippen LogP contribution < -0.4 is 15.8 Å². The van der Waals surface area contributed by atoms with E-state index < -0.39 is 0 Å². The van der Waals surface area contributed by atoms with Crippen molar-refractivity contribution in [1.29, 1.82) is 0 Å². The van der Waals surface area contributed by atoms with E-state index in [4.69, 9.17) is 10.5 Å². The Bertz CT molecular complexity index is 633. The first kappa shape index (κ1) is 19.1. The largest absolute Gasteiger partial charge is 0.504 e. The topological polar surface area (TPSA) is 79.9 Å². The summed E-state index contributed by atoms with van der Waals surface area (Å²) in [5.74, 6) is 0.943. The number of ether oxygens (including phenoxy) is 1. The van der Waals surface area contributed by atoms with Crippen LogP contribution in [0, 0.1) is 0 Å². The highest BCUT2D eigenvalue weighted by molar-refractivity contribution is 14.0. The molecule has 0 aliphatic heterocycles. The van der Waals surface area contributed by atoms with Gasteiger partial charge < -0.3 is 20.9 Å². The van der Waals surface area contributed by atoms with Gasteiger partial charge in [0.15, 0.2) is 17.5 Å². The number of hydrogen-bond donors (Lipinski definition) is 3. The molecule has 0 amide bonds. The molecule has 0 aliphatic rings. The normalized spacial score (nSPS) is 10.7. The molecule has 0 spiro atoms. The van der Waals surface area contributed by atoms with Crippen molar-refractivity contribution in [3.05, 3.63) is 59.7 Å². The summed E-state index contributed by atoms with van der Waals surface area (Å²) in [6.07, 6.45) is 0.889. The van der Waals surface area contributed by atoms with Crippen molar-refractivity contribution < 1.29 is 9.84 Å². The van der Waals surface area contributed by atoms with E-state index in [0.717, 1.165) is 18.5 Å². The molecule has 0 saturated carbocycles. The molecule has 2 aromatic carbocycles. The van der Waals surface area contributed by atoms with Crippen LogP contribution in [0.15, 0.2) is 53.5 Å². The van der Waals surface area contributed by atoms with E-state index >= 15 is 0 Å². The third kappa shape index (κ3) is 6.35. The molecule has 0 unspecified atom stereocenters. The number of phenols is 1. The van der Waals surface area contributed by atoms with Gasteiger partial charge in [-0.25, -0.2) is 4.99 Å². The lowest BCUT2D eigenvalue weighted by atomic mass is 10.1. The van der Waals surface area contributed by atoms with E-state index in [2.05, 4.69) is 22.4 Å². The summed E-state index contributed by atoms with van der Waals surface area (Å²) < 4.78 is 5.00. The first-order chi connectivity index (χ1) is 10.7. The van der Waals surface area contributed by atoms with Crippen molar-refractivity contribution >= 4 is 29.9 Å². The van der Waals surface area contributed by atoms with Crippen LogP contribution in [-0.4, -0.2) is 24.7 Å². The summed E-state index contributed by atoms with van der Waals surface area (Å²) >= 11 is 0. The van der Waals surface area contributed by atoms with E-state index in [1.165, 1.54) is 12.7 Å². The van der Waals surface area contributed by atoms with Gasteiger partial charge in [0.2, 0.25) is 0 Å². The highest BCUT2D eigenvalue weighted by Gasteiger charge is 2.02. The Kier molecular flexibility index (Phi) is 8.25. The second-order valence-corrected chi connectivity index (χ2v) is 4.87. The van der Waals surface area contributed by atoms with Gasteiger partial charge in [0.25, 0.3) is 0 Å². The quantitative estimate of drug-likeness (QED) is 0.376. The van der Waals surface area contributed by atoms with Crippen LogP contribution in [0.2, 0.25) is 0 Å². The lowest BCUT2D eigenvalue weighted by Gasteiger charge is -2.07. The Hall–Kier alpha value is -1.96. The van der Waals surface area contributed by atoms with Crippen molar-refractivity contribution in [2.24, 2.45) is 10.7 Å². The zero-order valence-electron chi connectivity index (χ0n) is 13.0. The number of nitrogens with zero attached hydrogens (tertiary/aromatic N) is 1. The van der Waals surface area contributed by atoms with Crippen LogP contribution in [-0.2, 0) is 13.0 Å². The third-order valence-electron chi connectivity index (χ3n) is 3.24. The Morgan fingerprint density at radius 2 is 1.91 bits per heavy atom. The number of hydrogen-bond acceptors (Lipinski definition) is 3. The van der Waals surface area contributed by atoms with E-state index in [1.807, 2.05) is 24.3 Å². The summed E-state index contributed by atoms with van der Waals surface area (Å²) in [6.45, 7) is 1.13. The number of phenolic OH excluding ortho intramolecular Hbond substituents is 1. The second-order valence-electron chi connectivity index (χ2n) is 4.87. The van der Waals surface area contributed by atoms with Crippen LogP contribution in [0.1, 0.15) is 11.1 Å². The molecule has 4 N–H and O–H groups in total. The molecule has 0 bridgehead atoms. The summed E-state index contributed by atoms with van der Waals surface area (Å²) in [4.78, 5) is 4.25. The van der Waals surface area contributed by atoms with Gasteiger partial charge in [-0.2, -0.15) is 0 Å². The number of nitrogens with one attached hydrogen (secondary N) is 1. The van der Waals surface area contributed by atoms with Gasteiger partial charge in [-0.15, -0.1) is 24.0 Å². The number of guanidine groups is 1. The van der Waals surface area contributed by atoms with Gasteiger partial charge >= 0.3 is 0 Å². The highest BCUT2D eigenvalue weighted by atomic mass is 127. The number of aromatic hydroxyl groups is 1. The zero-order valence-corrected chi connectivity index (χ0v) is 15.4. The number of halogens is 1. The highest BCUT2D eigenvalue weighted by Crippen LogP contribution is 2.26. The van der Waals surface area contributed by atoms with E-state index in [-0.39, 0.29) is 29.7 Å². The van der Waals surface area contributed by atoms with Crippen LogP contribution in [0.3, 0.4) is 0 Å². The van der Waals surface area contributed by atoms with Crippen LogP contribution in [0.5, 0.6) is 11.5 Å². The molecule has 124 valence electrons. The smallest absolute Gasteiger partial charge is 0.188 e. The number of aliphatic imine (C=N–C) groups is 1. The van der Waals surface area contributed by atoms with Crippen molar-refractivity contribution in [1.82, 2.24) is 5.32 Å². The van der Waals surface area contributed by atoms with Crippen molar-refractivity contribution in [2.45, 2.75) is 13.0 Å². The fraction of sp³-hybridized carbons (Fsp3) is 0.235. The Morgan fingerprint density at radius 1 is 1.17 bits per heavy atom. The van der Waals surface area contributed by atoms with Crippen LogP contribution in [0.4, 0.5) is 0 Å². The molecule has 0 aliphatic carbocycles. The predicted octanol–water partition coefficient (Wildman–Crippen LogP) is 2.67. The molecule has 0 saturated heterocycles. The maximum atomic E-state index is 9.70. The molecule has 0 aromatic heterocycles. The molecule has 2 aromatic rings. The van der Waals surface area contributed by atoms with Crippen molar-refractivity contribution in [3.8, 4) is 11.5 Å². The third-order valence-corrected chi connectivity index (χ3v) is 3.24. The maximum absolute atomic E-state index is 9.70. The first-order valence-corrected chi connectivity index (χ1v) is 7.12. The van der Waals surface area contributed by atoms with Crippen LogP contribution >= 0.6 is 24.0 Å². The molecule has 5 nitrogen and oxygen atoms in total. The fourth-order valence-corrected chi connectivity index (χ4v) is 2.05. The molecule has 0 atom stereocenters. The molecule has 0 fully saturated rings. The summed E-state index contributed by atoms with van der Waals surface area (Å²) in [7, 11) is 1.52. The van der Waals surface area contributed by atoms with Gasteiger partial charge in [0.05, 0.1) is 13.7 Å². The van der Waals surface area contributed by atoms with Gasteiger partial charge in [0.1, 0.15) is 0 Å². The molecule has 0 radical (unpaired) electrons. The monoisotopic (exact) mass is 427 g/mol. The molecule has 2 rings (SSSR count). The van der Waals surface area contributed by atoms with Gasteiger partial charge in [-0.3, -0.25) is 0 Å².